The molecule has 0 amide bonds. The second kappa shape index (κ2) is 5.81. The van der Waals surface area contributed by atoms with Gasteiger partial charge in [0.05, 0.1) is 4.92 Å². The van der Waals surface area contributed by atoms with Gasteiger partial charge in [-0.1, -0.05) is 27.7 Å². The number of nitrogens with one attached hydrogen (secondary N) is 2. The fourth-order valence-electron chi connectivity index (χ4n) is 1.42. The topological polar surface area (TPSA) is 93.0 Å². The van der Waals surface area contributed by atoms with Crippen molar-refractivity contribution >= 4 is 17.3 Å². The Balaban J connectivity index is 2.93. The minimum Gasteiger partial charge on any atom is -0.367 e. The Kier molecular flexibility index (Phi) is 4.63. The lowest BCUT2D eigenvalue weighted by molar-refractivity contribution is -0.383. The van der Waals surface area contributed by atoms with E-state index in [9.17, 15) is 10.1 Å². The number of hydrogen-bond acceptors (Lipinski definition) is 6. The van der Waals surface area contributed by atoms with Gasteiger partial charge in [-0.05, 0) is 11.3 Å². The summed E-state index contributed by atoms with van der Waals surface area (Å²) < 4.78 is 0. The van der Waals surface area contributed by atoms with Crippen LogP contribution in [0.15, 0.2) is 6.33 Å². The lowest BCUT2D eigenvalue weighted by Gasteiger charge is -2.27. The van der Waals surface area contributed by atoms with Crippen LogP contribution in [-0.4, -0.2) is 28.5 Å². The van der Waals surface area contributed by atoms with Crippen molar-refractivity contribution in [1.29, 1.82) is 0 Å². The average Bonchev–Trinajstić information content (AvgIpc) is 2.33. The van der Waals surface area contributed by atoms with Crippen LogP contribution in [0.5, 0.6) is 0 Å². The van der Waals surface area contributed by atoms with E-state index in [-0.39, 0.29) is 22.7 Å². The Morgan fingerprint density at radius 3 is 2.42 bits per heavy atom. The van der Waals surface area contributed by atoms with Gasteiger partial charge in [0.25, 0.3) is 0 Å². The Hall–Kier alpha value is -1.92. The predicted molar refractivity (Wildman–Crippen MR) is 75.3 cm³/mol. The van der Waals surface area contributed by atoms with E-state index >= 15 is 0 Å². The molecule has 0 spiro atoms. The molecule has 0 fully saturated rings. The van der Waals surface area contributed by atoms with Gasteiger partial charge in [0.15, 0.2) is 0 Å². The van der Waals surface area contributed by atoms with E-state index in [0.29, 0.717) is 12.5 Å². The van der Waals surface area contributed by atoms with Crippen molar-refractivity contribution in [3.05, 3.63) is 16.4 Å². The van der Waals surface area contributed by atoms with Crippen LogP contribution in [0.1, 0.15) is 27.7 Å². The Morgan fingerprint density at radius 1 is 1.37 bits per heavy atom. The van der Waals surface area contributed by atoms with Gasteiger partial charge in [-0.3, -0.25) is 10.1 Å². The molecule has 1 unspecified atom stereocenters. The molecule has 7 nitrogen and oxygen atoms in total. The zero-order valence-corrected chi connectivity index (χ0v) is 12.0. The first-order chi connectivity index (χ1) is 8.77. The van der Waals surface area contributed by atoms with Crippen LogP contribution in [0.3, 0.4) is 0 Å². The van der Waals surface area contributed by atoms with Crippen molar-refractivity contribution in [2.24, 2.45) is 11.3 Å². The monoisotopic (exact) mass is 267 g/mol. The Labute approximate surface area is 113 Å². The molecule has 1 aromatic heterocycles. The molecule has 19 heavy (non-hydrogen) atoms. The standard InChI is InChI=1S/C12H21N5O2/c1-8(12(2,3)4)6-14-11-9(17(18)19)10(13-5)15-7-16-11/h7-8H,6H2,1-5H3,(H2,13,14,15,16). The molecule has 0 aliphatic rings. The SMILES string of the molecule is CNc1ncnc(NCC(C)C(C)(C)C)c1[N+](=O)[O-]. The highest BCUT2D eigenvalue weighted by Crippen LogP contribution is 2.30. The lowest BCUT2D eigenvalue weighted by atomic mass is 9.82. The highest BCUT2D eigenvalue weighted by atomic mass is 16.6. The van der Waals surface area contributed by atoms with Crippen molar-refractivity contribution in [1.82, 2.24) is 9.97 Å². The van der Waals surface area contributed by atoms with Gasteiger partial charge in [0.2, 0.25) is 11.6 Å². The maximum absolute atomic E-state index is 11.1. The molecule has 7 heteroatoms. The summed E-state index contributed by atoms with van der Waals surface area (Å²) >= 11 is 0. The van der Waals surface area contributed by atoms with Crippen LogP contribution < -0.4 is 10.6 Å². The van der Waals surface area contributed by atoms with Gasteiger partial charge in [0.1, 0.15) is 6.33 Å². The van der Waals surface area contributed by atoms with Crippen LogP contribution >= 0.6 is 0 Å². The first-order valence-corrected chi connectivity index (χ1v) is 6.18. The first kappa shape index (κ1) is 15.1. The summed E-state index contributed by atoms with van der Waals surface area (Å²) in [7, 11) is 1.59. The number of nitrogens with zero attached hydrogens (tertiary/aromatic N) is 3. The third-order valence-corrected chi connectivity index (χ3v) is 3.30. The Morgan fingerprint density at radius 2 is 1.95 bits per heavy atom. The molecule has 0 radical (unpaired) electrons. The summed E-state index contributed by atoms with van der Waals surface area (Å²) in [6.45, 7) is 9.11. The number of aromatic nitrogens is 2. The van der Waals surface area contributed by atoms with Crippen LogP contribution in [-0.2, 0) is 0 Å². The molecule has 1 atom stereocenters. The van der Waals surface area contributed by atoms with E-state index in [1.165, 1.54) is 6.33 Å². The molecule has 1 aromatic rings. The van der Waals surface area contributed by atoms with Crippen LogP contribution in [0, 0.1) is 21.4 Å². The zero-order valence-electron chi connectivity index (χ0n) is 12.0. The Bertz CT molecular complexity index is 456. The average molecular weight is 267 g/mol. The van der Waals surface area contributed by atoms with Crippen LogP contribution in [0.4, 0.5) is 17.3 Å². The van der Waals surface area contributed by atoms with E-state index in [4.69, 9.17) is 0 Å². The summed E-state index contributed by atoms with van der Waals surface area (Å²) in [6, 6.07) is 0. The van der Waals surface area contributed by atoms with Crippen LogP contribution in [0.2, 0.25) is 0 Å². The smallest absolute Gasteiger partial charge is 0.353 e. The number of nitro groups is 1. The maximum Gasteiger partial charge on any atom is 0.353 e. The summed E-state index contributed by atoms with van der Waals surface area (Å²) in [4.78, 5) is 18.4. The largest absolute Gasteiger partial charge is 0.367 e. The van der Waals surface area contributed by atoms with Crippen molar-refractivity contribution in [3.63, 3.8) is 0 Å². The highest BCUT2D eigenvalue weighted by molar-refractivity contribution is 5.68. The fraction of sp³-hybridized carbons (Fsp3) is 0.667. The third kappa shape index (κ3) is 3.77. The second-order valence-electron chi connectivity index (χ2n) is 5.57. The molecular formula is C12H21N5O2. The minimum atomic E-state index is -0.476. The fourth-order valence-corrected chi connectivity index (χ4v) is 1.42. The van der Waals surface area contributed by atoms with Gasteiger partial charge in [-0.15, -0.1) is 0 Å². The molecule has 0 aliphatic heterocycles. The van der Waals surface area contributed by atoms with Gasteiger partial charge in [-0.25, -0.2) is 9.97 Å². The number of rotatable bonds is 5. The molecule has 0 aromatic carbocycles. The van der Waals surface area contributed by atoms with Gasteiger partial charge < -0.3 is 10.6 Å². The third-order valence-electron chi connectivity index (χ3n) is 3.30. The number of hydrogen-bond donors (Lipinski definition) is 2. The maximum atomic E-state index is 11.1. The molecule has 1 rings (SSSR count). The summed E-state index contributed by atoms with van der Waals surface area (Å²) in [6.07, 6.45) is 1.31. The van der Waals surface area contributed by atoms with Crippen molar-refractivity contribution in [2.75, 3.05) is 24.2 Å². The summed E-state index contributed by atoms with van der Waals surface area (Å²) in [5, 5.41) is 16.8. The van der Waals surface area contributed by atoms with E-state index in [1.54, 1.807) is 7.05 Å². The lowest BCUT2D eigenvalue weighted by Crippen LogP contribution is -2.25. The first-order valence-electron chi connectivity index (χ1n) is 6.18. The molecule has 106 valence electrons. The van der Waals surface area contributed by atoms with E-state index in [0.717, 1.165) is 0 Å². The van der Waals surface area contributed by atoms with Crippen molar-refractivity contribution in [2.45, 2.75) is 27.7 Å². The molecule has 0 saturated carbocycles. The number of anilines is 2. The summed E-state index contributed by atoms with van der Waals surface area (Å²) in [5.41, 5.74) is 0.00630. The zero-order chi connectivity index (χ0) is 14.6. The van der Waals surface area contributed by atoms with Gasteiger partial charge >= 0.3 is 5.69 Å². The molecule has 0 saturated heterocycles. The van der Waals surface area contributed by atoms with Gasteiger partial charge in [-0.2, -0.15) is 0 Å². The second-order valence-corrected chi connectivity index (χ2v) is 5.57. The minimum absolute atomic E-state index is 0.119. The quantitative estimate of drug-likeness (QED) is 0.629. The van der Waals surface area contributed by atoms with E-state index < -0.39 is 4.92 Å². The highest BCUT2D eigenvalue weighted by Gasteiger charge is 2.24. The van der Waals surface area contributed by atoms with E-state index in [1.807, 2.05) is 0 Å². The van der Waals surface area contributed by atoms with Gasteiger partial charge in [0, 0.05) is 13.6 Å². The van der Waals surface area contributed by atoms with Crippen LogP contribution in [0.25, 0.3) is 0 Å². The molecule has 2 N–H and O–H groups in total. The molecule has 0 aliphatic carbocycles. The van der Waals surface area contributed by atoms with Crippen molar-refractivity contribution in [3.8, 4) is 0 Å². The normalized spacial score (nSPS) is 12.9. The molecular weight excluding hydrogens is 246 g/mol. The predicted octanol–water partition coefficient (Wildman–Crippen LogP) is 2.52. The summed E-state index contributed by atoms with van der Waals surface area (Å²) in [5.74, 6) is 0.812. The van der Waals surface area contributed by atoms with Crippen molar-refractivity contribution < 1.29 is 4.92 Å². The molecule has 1 heterocycles. The molecule has 0 bridgehead atoms. The van der Waals surface area contributed by atoms with E-state index in [2.05, 4.69) is 48.3 Å².